The third-order valence-electron chi connectivity index (χ3n) is 7.58. The lowest BCUT2D eigenvalue weighted by atomic mass is 10.0. The number of sulfonamides is 1. The van der Waals surface area contributed by atoms with Crippen LogP contribution >= 0.6 is 0 Å². The number of nitrogens with one attached hydrogen (secondary N) is 1. The number of aryl methyl sites for hydroxylation is 2. The third-order valence-corrected chi connectivity index (χ3v) is 9.37. The highest BCUT2D eigenvalue weighted by Gasteiger charge is 2.35. The van der Waals surface area contributed by atoms with Crippen molar-refractivity contribution in [2.75, 3.05) is 18.0 Å². The van der Waals surface area contributed by atoms with Crippen molar-refractivity contribution in [3.63, 3.8) is 0 Å². The molecule has 0 radical (unpaired) electrons. The van der Waals surface area contributed by atoms with Crippen molar-refractivity contribution in [3.8, 4) is 5.75 Å². The SMILES string of the molecule is COc1cccc(CN(C(=O)CN(c2ccc(C)c(C)c2)S(=O)(=O)c2ccccc2)[C@@H](Cc2ccccc2)C(=O)NC(C)C)c1. The highest BCUT2D eigenvalue weighted by molar-refractivity contribution is 7.92. The Morgan fingerprint density at radius 1 is 0.800 bits per heavy atom. The molecule has 4 rings (SSSR count). The molecule has 4 aromatic rings. The Morgan fingerprint density at radius 2 is 1.44 bits per heavy atom. The number of benzene rings is 4. The van der Waals surface area contributed by atoms with Gasteiger partial charge in [-0.2, -0.15) is 0 Å². The lowest BCUT2D eigenvalue weighted by molar-refractivity contribution is -0.140. The van der Waals surface area contributed by atoms with Crippen molar-refractivity contribution >= 4 is 27.5 Å². The number of methoxy groups -OCH3 is 1. The topological polar surface area (TPSA) is 96.0 Å². The summed E-state index contributed by atoms with van der Waals surface area (Å²) in [5.74, 6) is -0.237. The molecule has 4 aromatic carbocycles. The molecule has 2 amide bonds. The average Bonchev–Trinajstić information content (AvgIpc) is 3.03. The minimum absolute atomic E-state index is 0.0607. The lowest BCUT2D eigenvalue weighted by Crippen LogP contribution is -2.54. The van der Waals surface area contributed by atoms with Gasteiger partial charge in [0.2, 0.25) is 11.8 Å². The van der Waals surface area contributed by atoms with Crippen LogP contribution in [-0.4, -0.2) is 50.9 Å². The van der Waals surface area contributed by atoms with E-state index in [9.17, 15) is 18.0 Å². The van der Waals surface area contributed by atoms with Gasteiger partial charge in [0, 0.05) is 19.0 Å². The fourth-order valence-corrected chi connectivity index (χ4v) is 6.46. The van der Waals surface area contributed by atoms with Crippen molar-refractivity contribution in [1.29, 1.82) is 0 Å². The molecule has 1 N–H and O–H groups in total. The number of anilines is 1. The van der Waals surface area contributed by atoms with E-state index in [0.717, 1.165) is 26.6 Å². The normalized spacial score (nSPS) is 12.0. The number of ether oxygens (including phenoxy) is 1. The van der Waals surface area contributed by atoms with Crippen molar-refractivity contribution in [2.24, 2.45) is 0 Å². The van der Waals surface area contributed by atoms with E-state index in [0.29, 0.717) is 11.4 Å². The summed E-state index contributed by atoms with van der Waals surface area (Å²) in [5, 5.41) is 2.97. The predicted octanol–water partition coefficient (Wildman–Crippen LogP) is 5.67. The molecule has 0 aromatic heterocycles. The molecule has 0 aliphatic rings. The molecule has 0 aliphatic heterocycles. The first-order valence-corrected chi connectivity index (χ1v) is 16.4. The van der Waals surface area contributed by atoms with Crippen LogP contribution in [0.5, 0.6) is 5.75 Å². The second kappa shape index (κ2) is 14.9. The van der Waals surface area contributed by atoms with Crippen LogP contribution in [0.2, 0.25) is 0 Å². The molecule has 0 saturated carbocycles. The lowest BCUT2D eigenvalue weighted by Gasteiger charge is -2.34. The third kappa shape index (κ3) is 8.51. The van der Waals surface area contributed by atoms with Crippen LogP contribution in [0.15, 0.2) is 108 Å². The number of rotatable bonds is 13. The number of nitrogens with zero attached hydrogens (tertiary/aromatic N) is 2. The van der Waals surface area contributed by atoms with E-state index in [2.05, 4.69) is 5.32 Å². The van der Waals surface area contributed by atoms with Gasteiger partial charge in [0.05, 0.1) is 17.7 Å². The van der Waals surface area contributed by atoms with E-state index in [1.807, 2.05) is 82.3 Å². The summed E-state index contributed by atoms with van der Waals surface area (Å²) in [6.45, 7) is 7.11. The molecule has 8 nitrogen and oxygen atoms in total. The van der Waals surface area contributed by atoms with Crippen LogP contribution in [0.4, 0.5) is 5.69 Å². The van der Waals surface area contributed by atoms with Gasteiger partial charge < -0.3 is 15.0 Å². The fraction of sp³-hybridized carbons (Fsp3) is 0.278. The van der Waals surface area contributed by atoms with E-state index in [-0.39, 0.29) is 29.8 Å². The van der Waals surface area contributed by atoms with Crippen LogP contribution in [0, 0.1) is 13.8 Å². The maximum absolute atomic E-state index is 14.5. The summed E-state index contributed by atoms with van der Waals surface area (Å²) >= 11 is 0. The van der Waals surface area contributed by atoms with Crippen LogP contribution in [-0.2, 0) is 32.6 Å². The van der Waals surface area contributed by atoms with Crippen LogP contribution in [0.3, 0.4) is 0 Å². The predicted molar refractivity (Wildman–Crippen MR) is 178 cm³/mol. The first-order valence-electron chi connectivity index (χ1n) is 14.9. The van der Waals surface area contributed by atoms with Gasteiger partial charge >= 0.3 is 0 Å². The fourth-order valence-electron chi connectivity index (χ4n) is 5.03. The second-order valence-electron chi connectivity index (χ2n) is 11.3. The number of carbonyl (C=O) groups excluding carboxylic acids is 2. The van der Waals surface area contributed by atoms with Gasteiger partial charge in [-0.15, -0.1) is 0 Å². The molecule has 0 bridgehead atoms. The molecule has 1 atom stereocenters. The van der Waals surface area contributed by atoms with E-state index in [1.54, 1.807) is 43.5 Å². The summed E-state index contributed by atoms with van der Waals surface area (Å²) in [6.07, 6.45) is 0.240. The van der Waals surface area contributed by atoms with Gasteiger partial charge in [-0.25, -0.2) is 8.42 Å². The number of amides is 2. The highest BCUT2D eigenvalue weighted by atomic mass is 32.2. The molecule has 236 valence electrons. The summed E-state index contributed by atoms with van der Waals surface area (Å²) < 4.78 is 34.8. The number of carbonyl (C=O) groups is 2. The molecule has 0 saturated heterocycles. The van der Waals surface area contributed by atoms with Crippen molar-refractivity contribution in [3.05, 3.63) is 125 Å². The molecular formula is C36H41N3O5S. The van der Waals surface area contributed by atoms with Gasteiger partial charge in [0.15, 0.2) is 0 Å². The van der Waals surface area contributed by atoms with Gasteiger partial charge in [-0.3, -0.25) is 13.9 Å². The van der Waals surface area contributed by atoms with E-state index < -0.39 is 28.5 Å². The average molecular weight is 628 g/mol. The van der Waals surface area contributed by atoms with Gasteiger partial charge in [0.25, 0.3) is 10.0 Å². The summed E-state index contributed by atoms with van der Waals surface area (Å²) in [7, 11) is -2.59. The standard InChI is InChI=1S/C36H41N3O5S/c1-26(2)37-36(41)34(23-29-13-8-6-9-14-29)38(24-30-15-12-16-32(22-30)44-5)35(40)25-39(31-20-19-27(3)28(4)21-31)45(42,43)33-17-10-7-11-18-33/h6-22,26,34H,23-25H2,1-5H3,(H,37,41)/t34-/m0/s1. The van der Waals surface area contributed by atoms with Gasteiger partial charge in [0.1, 0.15) is 18.3 Å². The van der Waals surface area contributed by atoms with E-state index >= 15 is 0 Å². The molecule has 0 heterocycles. The molecule has 45 heavy (non-hydrogen) atoms. The summed E-state index contributed by atoms with van der Waals surface area (Å²) in [4.78, 5) is 29.9. The maximum Gasteiger partial charge on any atom is 0.264 e. The van der Waals surface area contributed by atoms with Crippen molar-refractivity contribution in [2.45, 2.75) is 57.6 Å². The molecule has 0 spiro atoms. The Morgan fingerprint density at radius 3 is 2.07 bits per heavy atom. The molecular weight excluding hydrogens is 586 g/mol. The number of hydrogen-bond acceptors (Lipinski definition) is 5. The highest BCUT2D eigenvalue weighted by Crippen LogP contribution is 2.27. The zero-order chi connectivity index (χ0) is 32.6. The Balaban J connectivity index is 1.82. The van der Waals surface area contributed by atoms with E-state index in [4.69, 9.17) is 4.74 Å². The molecule has 0 aliphatic carbocycles. The quantitative estimate of drug-likeness (QED) is 0.206. The zero-order valence-electron chi connectivity index (χ0n) is 26.4. The summed E-state index contributed by atoms with van der Waals surface area (Å²) in [5.41, 5.74) is 3.85. The monoisotopic (exact) mass is 627 g/mol. The summed E-state index contributed by atoms with van der Waals surface area (Å²) in [6, 6.07) is 29.0. The van der Waals surface area contributed by atoms with Crippen molar-refractivity contribution in [1.82, 2.24) is 10.2 Å². The Kier molecular flexibility index (Phi) is 11.0. The zero-order valence-corrected chi connectivity index (χ0v) is 27.3. The van der Waals surface area contributed by atoms with Gasteiger partial charge in [-0.1, -0.05) is 66.7 Å². The largest absolute Gasteiger partial charge is 0.497 e. The number of hydrogen-bond donors (Lipinski definition) is 1. The molecule has 0 unspecified atom stereocenters. The first-order chi connectivity index (χ1) is 21.5. The second-order valence-corrected chi connectivity index (χ2v) is 13.2. The Labute approximate surface area is 266 Å². The van der Waals surface area contributed by atoms with Crippen LogP contribution in [0.25, 0.3) is 0 Å². The van der Waals surface area contributed by atoms with Crippen LogP contribution < -0.4 is 14.4 Å². The minimum Gasteiger partial charge on any atom is -0.497 e. The Hall–Kier alpha value is -4.63. The molecule has 9 heteroatoms. The maximum atomic E-state index is 14.5. The van der Waals surface area contributed by atoms with Gasteiger partial charge in [-0.05, 0) is 86.3 Å². The first kappa shape index (κ1) is 33.3. The van der Waals surface area contributed by atoms with Crippen molar-refractivity contribution < 1.29 is 22.7 Å². The Bertz CT molecular complexity index is 1710. The molecule has 0 fully saturated rings. The van der Waals surface area contributed by atoms with Crippen LogP contribution in [0.1, 0.15) is 36.1 Å². The minimum atomic E-state index is -4.15. The van der Waals surface area contributed by atoms with E-state index in [1.165, 1.54) is 17.0 Å². The smallest absolute Gasteiger partial charge is 0.264 e.